The third-order valence-electron chi connectivity index (χ3n) is 3.81. The zero-order valence-corrected chi connectivity index (χ0v) is 14.1. The number of ether oxygens (including phenoxy) is 1. The van der Waals surface area contributed by atoms with Crippen molar-refractivity contribution in [2.24, 2.45) is 0 Å². The Morgan fingerprint density at radius 2 is 1.69 bits per heavy atom. The summed E-state index contributed by atoms with van der Waals surface area (Å²) >= 11 is 0. The van der Waals surface area contributed by atoms with Crippen LogP contribution in [0.3, 0.4) is 0 Å². The SMILES string of the molecule is CCOC(=O)c1ccc(-c2ccccc2)nc1-c1ccc([N+](=O)[O-])cc1. The Labute approximate surface area is 150 Å². The third kappa shape index (κ3) is 3.59. The van der Waals surface area contributed by atoms with Gasteiger partial charge in [-0.05, 0) is 31.2 Å². The normalized spacial score (nSPS) is 10.3. The van der Waals surface area contributed by atoms with E-state index in [1.165, 1.54) is 12.1 Å². The van der Waals surface area contributed by atoms with Crippen molar-refractivity contribution in [1.29, 1.82) is 0 Å². The number of aromatic nitrogens is 1. The van der Waals surface area contributed by atoms with Gasteiger partial charge < -0.3 is 4.74 Å². The summed E-state index contributed by atoms with van der Waals surface area (Å²) in [7, 11) is 0. The van der Waals surface area contributed by atoms with E-state index in [0.717, 1.165) is 5.56 Å². The molecule has 130 valence electrons. The van der Waals surface area contributed by atoms with E-state index in [0.29, 0.717) is 22.5 Å². The average Bonchev–Trinajstić information content (AvgIpc) is 2.68. The Hall–Kier alpha value is -3.54. The first-order valence-electron chi connectivity index (χ1n) is 8.08. The molecule has 2 aromatic carbocycles. The number of carbonyl (C=O) groups excluding carboxylic acids is 1. The zero-order valence-electron chi connectivity index (χ0n) is 14.1. The highest BCUT2D eigenvalue weighted by Crippen LogP contribution is 2.28. The van der Waals surface area contributed by atoms with Crippen LogP contribution in [0.25, 0.3) is 22.5 Å². The second-order valence-electron chi connectivity index (χ2n) is 5.48. The molecule has 0 amide bonds. The molecule has 3 aromatic rings. The van der Waals surface area contributed by atoms with Gasteiger partial charge in [0.2, 0.25) is 0 Å². The van der Waals surface area contributed by atoms with Gasteiger partial charge in [0.15, 0.2) is 0 Å². The number of rotatable bonds is 5. The molecule has 26 heavy (non-hydrogen) atoms. The van der Waals surface area contributed by atoms with Gasteiger partial charge in [-0.15, -0.1) is 0 Å². The van der Waals surface area contributed by atoms with E-state index in [1.54, 1.807) is 31.2 Å². The van der Waals surface area contributed by atoms with Crippen molar-refractivity contribution in [3.05, 3.63) is 82.4 Å². The number of carbonyl (C=O) groups is 1. The highest BCUT2D eigenvalue weighted by atomic mass is 16.6. The van der Waals surface area contributed by atoms with E-state index in [9.17, 15) is 14.9 Å². The van der Waals surface area contributed by atoms with Crippen molar-refractivity contribution < 1.29 is 14.5 Å². The summed E-state index contributed by atoms with van der Waals surface area (Å²) in [6, 6.07) is 18.9. The molecule has 0 aliphatic rings. The van der Waals surface area contributed by atoms with Gasteiger partial charge in [0.1, 0.15) is 0 Å². The van der Waals surface area contributed by atoms with Gasteiger partial charge in [-0.1, -0.05) is 30.3 Å². The Morgan fingerprint density at radius 1 is 1.00 bits per heavy atom. The molecule has 1 aromatic heterocycles. The Bertz CT molecular complexity index is 938. The number of hydrogen-bond acceptors (Lipinski definition) is 5. The minimum atomic E-state index is -0.479. The summed E-state index contributed by atoms with van der Waals surface area (Å²) in [6.07, 6.45) is 0. The first-order chi connectivity index (χ1) is 12.6. The molecule has 0 saturated heterocycles. The molecule has 0 radical (unpaired) electrons. The van der Waals surface area contributed by atoms with Crippen molar-refractivity contribution in [3.63, 3.8) is 0 Å². The van der Waals surface area contributed by atoms with E-state index in [-0.39, 0.29) is 12.3 Å². The van der Waals surface area contributed by atoms with Crippen LogP contribution in [-0.2, 0) is 4.74 Å². The molecule has 6 nitrogen and oxygen atoms in total. The molecule has 0 bridgehead atoms. The fourth-order valence-corrected chi connectivity index (χ4v) is 2.56. The summed E-state index contributed by atoms with van der Waals surface area (Å²) in [4.78, 5) is 27.3. The van der Waals surface area contributed by atoms with Gasteiger partial charge in [0.25, 0.3) is 5.69 Å². The first kappa shape index (κ1) is 17.3. The third-order valence-corrected chi connectivity index (χ3v) is 3.81. The lowest BCUT2D eigenvalue weighted by Crippen LogP contribution is -2.08. The van der Waals surface area contributed by atoms with Crippen molar-refractivity contribution in [1.82, 2.24) is 4.98 Å². The van der Waals surface area contributed by atoms with Gasteiger partial charge in [0, 0.05) is 23.3 Å². The number of nitrogens with zero attached hydrogens (tertiary/aromatic N) is 2. The molecule has 0 spiro atoms. The molecule has 0 aliphatic heterocycles. The quantitative estimate of drug-likeness (QED) is 0.385. The topological polar surface area (TPSA) is 82.3 Å². The maximum atomic E-state index is 12.3. The standard InChI is InChI=1S/C20H16N2O4/c1-2-26-20(23)17-12-13-18(14-6-4-3-5-7-14)21-19(17)15-8-10-16(11-9-15)22(24)25/h3-13H,2H2,1H3. The highest BCUT2D eigenvalue weighted by Gasteiger charge is 2.17. The summed E-state index contributed by atoms with van der Waals surface area (Å²) in [5.41, 5.74) is 2.94. The Morgan fingerprint density at radius 3 is 2.31 bits per heavy atom. The Balaban J connectivity index is 2.12. The lowest BCUT2D eigenvalue weighted by molar-refractivity contribution is -0.384. The summed E-state index contributed by atoms with van der Waals surface area (Å²) in [6.45, 7) is 1.98. The molecule has 0 unspecified atom stereocenters. The first-order valence-corrected chi connectivity index (χ1v) is 8.08. The molecule has 3 rings (SSSR count). The number of nitro benzene ring substituents is 1. The van der Waals surface area contributed by atoms with Crippen LogP contribution >= 0.6 is 0 Å². The second-order valence-corrected chi connectivity index (χ2v) is 5.48. The van der Waals surface area contributed by atoms with Crippen molar-refractivity contribution >= 4 is 11.7 Å². The Kier molecular flexibility index (Phi) is 5.03. The number of non-ortho nitro benzene ring substituents is 1. The van der Waals surface area contributed by atoms with Crippen LogP contribution in [0.4, 0.5) is 5.69 Å². The van der Waals surface area contributed by atoms with Gasteiger partial charge in [-0.2, -0.15) is 0 Å². The van der Waals surface area contributed by atoms with E-state index in [2.05, 4.69) is 4.98 Å². The summed E-state index contributed by atoms with van der Waals surface area (Å²) in [5, 5.41) is 10.9. The van der Waals surface area contributed by atoms with Crippen LogP contribution in [-0.4, -0.2) is 22.5 Å². The van der Waals surface area contributed by atoms with Crippen LogP contribution in [0.1, 0.15) is 17.3 Å². The lowest BCUT2D eigenvalue weighted by atomic mass is 10.0. The molecule has 0 aliphatic carbocycles. The number of hydrogen-bond donors (Lipinski definition) is 0. The predicted octanol–water partition coefficient (Wildman–Crippen LogP) is 4.50. The molecular weight excluding hydrogens is 332 g/mol. The molecule has 1 heterocycles. The van der Waals surface area contributed by atoms with Gasteiger partial charge in [-0.25, -0.2) is 9.78 Å². The number of nitro groups is 1. The monoisotopic (exact) mass is 348 g/mol. The predicted molar refractivity (Wildman–Crippen MR) is 97.7 cm³/mol. The van der Waals surface area contributed by atoms with Crippen LogP contribution in [0, 0.1) is 10.1 Å². The number of benzene rings is 2. The maximum Gasteiger partial charge on any atom is 0.340 e. The lowest BCUT2D eigenvalue weighted by Gasteiger charge is -2.11. The average molecular weight is 348 g/mol. The van der Waals surface area contributed by atoms with E-state index >= 15 is 0 Å². The smallest absolute Gasteiger partial charge is 0.340 e. The highest BCUT2D eigenvalue weighted by molar-refractivity contribution is 5.96. The van der Waals surface area contributed by atoms with Gasteiger partial charge >= 0.3 is 5.97 Å². The van der Waals surface area contributed by atoms with Crippen molar-refractivity contribution in [2.75, 3.05) is 6.61 Å². The fraction of sp³-hybridized carbons (Fsp3) is 0.100. The molecule has 0 saturated carbocycles. The van der Waals surface area contributed by atoms with Crippen LogP contribution in [0.5, 0.6) is 0 Å². The van der Waals surface area contributed by atoms with Crippen molar-refractivity contribution in [2.45, 2.75) is 6.92 Å². The van der Waals surface area contributed by atoms with E-state index in [4.69, 9.17) is 4.74 Å². The van der Waals surface area contributed by atoms with E-state index < -0.39 is 10.9 Å². The van der Waals surface area contributed by atoms with E-state index in [1.807, 2.05) is 30.3 Å². The van der Waals surface area contributed by atoms with Gasteiger partial charge in [-0.3, -0.25) is 10.1 Å². The minimum Gasteiger partial charge on any atom is -0.462 e. The zero-order chi connectivity index (χ0) is 18.5. The molecule has 0 atom stereocenters. The molecule has 0 fully saturated rings. The summed E-state index contributed by atoms with van der Waals surface area (Å²) in [5.74, 6) is -0.479. The summed E-state index contributed by atoms with van der Waals surface area (Å²) < 4.78 is 5.11. The minimum absolute atomic E-state index is 0.0225. The van der Waals surface area contributed by atoms with Crippen molar-refractivity contribution in [3.8, 4) is 22.5 Å². The van der Waals surface area contributed by atoms with Gasteiger partial charge in [0.05, 0.1) is 28.5 Å². The van der Waals surface area contributed by atoms with Crippen LogP contribution < -0.4 is 0 Å². The van der Waals surface area contributed by atoms with Crippen LogP contribution in [0.2, 0.25) is 0 Å². The fourth-order valence-electron chi connectivity index (χ4n) is 2.56. The number of esters is 1. The largest absolute Gasteiger partial charge is 0.462 e. The number of pyridine rings is 1. The molecule has 0 N–H and O–H groups in total. The molecule has 6 heteroatoms. The van der Waals surface area contributed by atoms with Crippen LogP contribution in [0.15, 0.2) is 66.7 Å². The second kappa shape index (κ2) is 7.57. The molecular formula is C20H16N2O4. The maximum absolute atomic E-state index is 12.3.